The third-order valence-electron chi connectivity index (χ3n) is 6.15. The van der Waals surface area contributed by atoms with Crippen LogP contribution in [0.25, 0.3) is 0 Å². The molecule has 0 bridgehead atoms. The molecular formula is C25H35BrFN5O5. The Morgan fingerprint density at radius 1 is 1.22 bits per heavy atom. The summed E-state index contributed by atoms with van der Waals surface area (Å²) in [5, 5.41) is 2.79. The number of morpholine rings is 1. The van der Waals surface area contributed by atoms with Gasteiger partial charge in [-0.15, -0.1) is 0 Å². The smallest absolute Gasteiger partial charge is 0.251 e. The van der Waals surface area contributed by atoms with Crippen molar-refractivity contribution in [2.24, 2.45) is 28.3 Å². The van der Waals surface area contributed by atoms with Crippen LogP contribution in [0.1, 0.15) is 43.5 Å². The second kappa shape index (κ2) is 14.8. The van der Waals surface area contributed by atoms with Gasteiger partial charge in [-0.3, -0.25) is 24.2 Å². The molecule has 1 aromatic carbocycles. The Morgan fingerprint density at radius 3 is 2.49 bits per heavy atom. The number of alkyl halides is 1. The van der Waals surface area contributed by atoms with Crippen LogP contribution < -0.4 is 16.8 Å². The van der Waals surface area contributed by atoms with Crippen molar-refractivity contribution in [1.29, 1.82) is 0 Å². The van der Waals surface area contributed by atoms with Crippen molar-refractivity contribution in [3.05, 3.63) is 34.3 Å². The van der Waals surface area contributed by atoms with Crippen molar-refractivity contribution in [3.8, 4) is 0 Å². The van der Waals surface area contributed by atoms with E-state index in [2.05, 4.69) is 26.2 Å². The van der Waals surface area contributed by atoms with Crippen LogP contribution in [0.4, 0.5) is 4.39 Å². The van der Waals surface area contributed by atoms with Gasteiger partial charge in [0.2, 0.25) is 5.91 Å². The molecule has 1 aromatic rings. The molecule has 0 saturated carbocycles. The summed E-state index contributed by atoms with van der Waals surface area (Å²) >= 11 is 3.32. The van der Waals surface area contributed by atoms with Crippen LogP contribution in [0.15, 0.2) is 33.7 Å². The number of nitrogens with zero attached hydrogens (tertiary/aromatic N) is 2. The first kappa shape index (κ1) is 30.4. The number of amides is 2. The number of carbonyl (C=O) groups is 4. The molecule has 0 radical (unpaired) electrons. The molecule has 0 aliphatic carbocycles. The number of Topliss-reactive ketones (excluding diaryl/α,β-unsaturated/α-hetero) is 2. The van der Waals surface area contributed by atoms with Gasteiger partial charge in [0.1, 0.15) is 18.8 Å². The lowest BCUT2D eigenvalue weighted by Crippen LogP contribution is -2.59. The van der Waals surface area contributed by atoms with Crippen LogP contribution in [-0.4, -0.2) is 79.3 Å². The van der Waals surface area contributed by atoms with E-state index in [1.165, 1.54) is 4.90 Å². The molecule has 204 valence electrons. The SMILES string of the molecule is CC(C)[C@H](NC(=O)c1ccc(Br)cc1)C(=O)N1CCOC[C@H]1C(=O)C[C@@H](CCCN=C(N)N)C(=O)CF. The fraction of sp³-hybridized carbons (Fsp3) is 0.560. The highest BCUT2D eigenvalue weighted by atomic mass is 79.9. The first-order valence-corrected chi connectivity index (χ1v) is 13.0. The summed E-state index contributed by atoms with van der Waals surface area (Å²) in [5.41, 5.74) is 11.0. The lowest BCUT2D eigenvalue weighted by molar-refractivity contribution is -0.150. The van der Waals surface area contributed by atoms with Gasteiger partial charge < -0.3 is 26.4 Å². The Kier molecular flexibility index (Phi) is 12.1. The van der Waals surface area contributed by atoms with Gasteiger partial charge in [-0.1, -0.05) is 29.8 Å². The number of ketones is 2. The van der Waals surface area contributed by atoms with E-state index in [4.69, 9.17) is 16.2 Å². The normalized spacial score (nSPS) is 17.1. The average molecular weight is 584 g/mol. The zero-order valence-corrected chi connectivity index (χ0v) is 22.7. The van der Waals surface area contributed by atoms with Crippen LogP contribution in [0.5, 0.6) is 0 Å². The topological polar surface area (TPSA) is 157 Å². The van der Waals surface area contributed by atoms with Crippen molar-refractivity contribution in [2.75, 3.05) is 33.0 Å². The third-order valence-corrected chi connectivity index (χ3v) is 6.68. The number of rotatable bonds is 13. The lowest BCUT2D eigenvalue weighted by atomic mass is 9.90. The zero-order chi connectivity index (χ0) is 27.5. The Bertz CT molecular complexity index is 984. The molecule has 1 aliphatic rings. The minimum absolute atomic E-state index is 0.0411. The van der Waals surface area contributed by atoms with E-state index in [0.717, 1.165) is 4.47 Å². The summed E-state index contributed by atoms with van der Waals surface area (Å²) in [7, 11) is 0. The average Bonchev–Trinajstić information content (AvgIpc) is 2.87. The highest BCUT2D eigenvalue weighted by molar-refractivity contribution is 9.10. The maximum absolute atomic E-state index is 13.6. The molecule has 1 aliphatic heterocycles. The van der Waals surface area contributed by atoms with Gasteiger partial charge in [-0.05, 0) is 43.0 Å². The number of aliphatic imine (C=N–C) groups is 1. The van der Waals surface area contributed by atoms with Crippen molar-refractivity contribution >= 4 is 45.3 Å². The maximum atomic E-state index is 13.6. The number of nitrogens with two attached hydrogens (primary N) is 2. The van der Waals surface area contributed by atoms with Crippen molar-refractivity contribution < 1.29 is 28.3 Å². The molecule has 0 aromatic heterocycles. The number of hydrogen-bond donors (Lipinski definition) is 3. The minimum atomic E-state index is -1.19. The van der Waals surface area contributed by atoms with E-state index in [9.17, 15) is 23.6 Å². The van der Waals surface area contributed by atoms with Crippen molar-refractivity contribution in [2.45, 2.75) is 45.2 Å². The molecule has 1 fully saturated rings. The summed E-state index contributed by atoms with van der Waals surface area (Å²) in [6, 6.07) is 4.90. The quantitative estimate of drug-likeness (QED) is 0.181. The van der Waals surface area contributed by atoms with Gasteiger partial charge in [0.25, 0.3) is 5.91 Å². The molecule has 2 amide bonds. The standard InChI is InChI=1S/C25H35BrFN5O5/c1-15(2)22(31-23(35)16-5-7-18(26)8-6-16)24(36)32-10-11-37-14-19(32)20(33)12-17(21(34)13-27)4-3-9-30-25(28)29/h5-8,15,17,19,22H,3-4,9-14H2,1-2H3,(H,31,35)(H4,28,29,30)/t17-,19+,22+/m1/s1. The summed E-state index contributed by atoms with van der Waals surface area (Å²) in [6.07, 6.45) is 0.382. The summed E-state index contributed by atoms with van der Waals surface area (Å²) in [5.74, 6) is -3.12. The number of benzene rings is 1. The first-order valence-electron chi connectivity index (χ1n) is 12.2. The second-order valence-corrected chi connectivity index (χ2v) is 10.2. The van der Waals surface area contributed by atoms with E-state index in [1.54, 1.807) is 38.1 Å². The third kappa shape index (κ3) is 9.19. The number of halogens is 2. The predicted octanol–water partition coefficient (Wildman–Crippen LogP) is 1.60. The fourth-order valence-electron chi connectivity index (χ4n) is 4.06. The largest absolute Gasteiger partial charge is 0.377 e. The molecule has 37 heavy (non-hydrogen) atoms. The van der Waals surface area contributed by atoms with E-state index < -0.39 is 48.1 Å². The van der Waals surface area contributed by atoms with Crippen LogP contribution in [-0.2, 0) is 19.1 Å². The van der Waals surface area contributed by atoms with Crippen molar-refractivity contribution in [1.82, 2.24) is 10.2 Å². The molecular weight excluding hydrogens is 549 g/mol. The summed E-state index contributed by atoms with van der Waals surface area (Å²) < 4.78 is 19.5. The molecule has 0 unspecified atom stereocenters. The Balaban J connectivity index is 2.14. The van der Waals surface area contributed by atoms with Gasteiger partial charge in [0, 0.05) is 35.5 Å². The minimum Gasteiger partial charge on any atom is -0.377 e. The van der Waals surface area contributed by atoms with E-state index in [0.29, 0.717) is 12.0 Å². The monoisotopic (exact) mass is 583 g/mol. The molecule has 3 atom stereocenters. The molecule has 0 spiro atoms. The van der Waals surface area contributed by atoms with Gasteiger partial charge in [-0.25, -0.2) is 4.39 Å². The lowest BCUT2D eigenvalue weighted by Gasteiger charge is -2.38. The van der Waals surface area contributed by atoms with Crippen LogP contribution in [0.3, 0.4) is 0 Å². The number of guanidine groups is 1. The van der Waals surface area contributed by atoms with Crippen molar-refractivity contribution in [3.63, 3.8) is 0 Å². The molecule has 10 nitrogen and oxygen atoms in total. The van der Waals surface area contributed by atoms with Crippen LogP contribution in [0.2, 0.25) is 0 Å². The van der Waals surface area contributed by atoms with E-state index in [-0.39, 0.29) is 51.0 Å². The van der Waals surface area contributed by atoms with Gasteiger partial charge in [-0.2, -0.15) is 0 Å². The van der Waals surface area contributed by atoms with Crippen LogP contribution >= 0.6 is 15.9 Å². The fourth-order valence-corrected chi connectivity index (χ4v) is 4.33. The van der Waals surface area contributed by atoms with E-state index >= 15 is 0 Å². The first-order chi connectivity index (χ1) is 17.5. The molecule has 1 heterocycles. The van der Waals surface area contributed by atoms with E-state index in [1.807, 2.05) is 0 Å². The number of hydrogen-bond acceptors (Lipinski definition) is 6. The van der Waals surface area contributed by atoms with Crippen LogP contribution in [0, 0.1) is 11.8 Å². The second-order valence-electron chi connectivity index (χ2n) is 9.24. The number of carbonyl (C=O) groups excluding carboxylic acids is 4. The van der Waals surface area contributed by atoms with Gasteiger partial charge >= 0.3 is 0 Å². The Labute approximate surface area is 224 Å². The molecule has 12 heteroatoms. The molecule has 2 rings (SSSR count). The summed E-state index contributed by atoms with van der Waals surface area (Å²) in [6.45, 7) is 2.99. The molecule has 1 saturated heterocycles. The maximum Gasteiger partial charge on any atom is 0.251 e. The zero-order valence-electron chi connectivity index (χ0n) is 21.1. The number of ether oxygens (including phenoxy) is 1. The van der Waals surface area contributed by atoms with Gasteiger partial charge in [0.15, 0.2) is 17.5 Å². The predicted molar refractivity (Wildman–Crippen MR) is 141 cm³/mol. The molecule has 5 N–H and O–H groups in total. The highest BCUT2D eigenvalue weighted by Gasteiger charge is 2.38. The number of nitrogens with one attached hydrogen (secondary N) is 1. The Hall–Kier alpha value is -2.86. The highest BCUT2D eigenvalue weighted by Crippen LogP contribution is 2.21. The van der Waals surface area contributed by atoms with Gasteiger partial charge in [0.05, 0.1) is 13.2 Å². The Morgan fingerprint density at radius 2 is 1.89 bits per heavy atom. The summed E-state index contributed by atoms with van der Waals surface area (Å²) in [4.78, 5) is 57.0.